The molecule has 1 unspecified atom stereocenters. The summed E-state index contributed by atoms with van der Waals surface area (Å²) in [5.74, 6) is -12.2. The summed E-state index contributed by atoms with van der Waals surface area (Å²) in [5, 5.41) is 10.1. The maximum atomic E-state index is 14.5. The first kappa shape index (κ1) is 18.6. The van der Waals surface area contributed by atoms with Gasteiger partial charge >= 0.3 is 11.8 Å². The molecule has 3 atom stereocenters. The van der Waals surface area contributed by atoms with Gasteiger partial charge in [-0.3, -0.25) is 0 Å². The lowest BCUT2D eigenvalue weighted by Crippen LogP contribution is -2.53. The van der Waals surface area contributed by atoms with E-state index in [1.54, 1.807) is 0 Å². The van der Waals surface area contributed by atoms with Crippen molar-refractivity contribution < 1.29 is 40.6 Å². The Bertz CT molecular complexity index is 1050. The first-order valence-corrected chi connectivity index (χ1v) is 7.76. The van der Waals surface area contributed by atoms with Gasteiger partial charge in [-0.2, -0.15) is 17.6 Å². The van der Waals surface area contributed by atoms with Gasteiger partial charge in [0.05, 0.1) is 6.57 Å². The van der Waals surface area contributed by atoms with Crippen LogP contribution in [-0.4, -0.2) is 17.2 Å². The van der Waals surface area contributed by atoms with Crippen LogP contribution >= 0.6 is 0 Å². The molecule has 0 bridgehead atoms. The molecule has 2 aliphatic carbocycles. The zero-order valence-corrected chi connectivity index (χ0v) is 13.5. The molecule has 0 radical (unpaired) electrons. The van der Waals surface area contributed by atoms with E-state index in [0.717, 1.165) is 18.2 Å². The maximum Gasteiger partial charge on any atom is 0.349 e. The summed E-state index contributed by atoms with van der Waals surface area (Å²) in [6, 6.07) is 3.84. The average Bonchev–Trinajstić information content (AvgIpc) is 2.90. The van der Waals surface area contributed by atoms with Crippen molar-refractivity contribution in [3.8, 4) is 11.5 Å². The van der Waals surface area contributed by atoms with Crippen LogP contribution in [0.4, 0.5) is 36.4 Å². The number of benzene rings is 2. The van der Waals surface area contributed by atoms with Crippen molar-refractivity contribution >= 4 is 5.69 Å². The third kappa shape index (κ3) is 1.97. The number of aliphatic hydroxyl groups is 1. The number of hydrogen-bond donors (Lipinski definition) is 1. The van der Waals surface area contributed by atoms with Crippen molar-refractivity contribution in [2.45, 2.75) is 29.8 Å². The molecule has 0 spiro atoms. The first-order chi connectivity index (χ1) is 13.0. The van der Waals surface area contributed by atoms with Gasteiger partial charge in [0.1, 0.15) is 17.3 Å². The van der Waals surface area contributed by atoms with E-state index >= 15 is 0 Å². The Hall–Kier alpha value is -2.80. The Morgan fingerprint density at radius 1 is 1.07 bits per heavy atom. The Labute approximate surface area is 152 Å². The predicted octanol–water partition coefficient (Wildman–Crippen LogP) is 5.46. The second-order valence-electron chi connectivity index (χ2n) is 6.48. The number of alkyl halides is 6. The number of rotatable bonds is 2. The Kier molecular flexibility index (Phi) is 3.57. The molecule has 146 valence electrons. The topological polar surface area (TPSA) is 33.8 Å². The summed E-state index contributed by atoms with van der Waals surface area (Å²) in [5.41, 5.74) is -7.97. The van der Waals surface area contributed by atoms with E-state index in [-0.39, 0.29) is 11.4 Å². The fourth-order valence-electron chi connectivity index (χ4n) is 3.67. The van der Waals surface area contributed by atoms with Crippen LogP contribution in [0.1, 0.15) is 22.9 Å². The summed E-state index contributed by atoms with van der Waals surface area (Å²) < 4.78 is 104. The second kappa shape index (κ2) is 5.38. The van der Waals surface area contributed by atoms with E-state index in [9.17, 15) is 35.8 Å². The summed E-state index contributed by atoms with van der Waals surface area (Å²) in [6.45, 7) is 6.87. The Balaban J connectivity index is 1.92. The molecule has 28 heavy (non-hydrogen) atoms. The van der Waals surface area contributed by atoms with E-state index < -0.39 is 58.0 Å². The predicted molar refractivity (Wildman–Crippen MR) is 80.7 cm³/mol. The van der Waals surface area contributed by atoms with Crippen molar-refractivity contribution in [1.29, 1.82) is 0 Å². The average molecular weight is 403 g/mol. The summed E-state index contributed by atoms with van der Waals surface area (Å²) in [4.78, 5) is 2.98. The molecule has 1 N–H and O–H groups in total. The van der Waals surface area contributed by atoms with Crippen LogP contribution in [0.25, 0.3) is 4.85 Å². The van der Waals surface area contributed by atoms with Gasteiger partial charge in [-0.25, -0.2) is 18.0 Å². The molecule has 0 aromatic heterocycles. The molecular formula is C18H8F7NO2. The van der Waals surface area contributed by atoms with Gasteiger partial charge < -0.3 is 9.84 Å². The van der Waals surface area contributed by atoms with E-state index in [2.05, 4.69) is 4.85 Å². The molecule has 0 heterocycles. The minimum Gasteiger partial charge on any atom is -0.458 e. The van der Waals surface area contributed by atoms with E-state index in [0.29, 0.717) is 12.1 Å². The molecule has 2 aromatic rings. The van der Waals surface area contributed by atoms with Crippen molar-refractivity contribution in [1.82, 2.24) is 0 Å². The van der Waals surface area contributed by atoms with Crippen LogP contribution < -0.4 is 4.74 Å². The molecule has 0 amide bonds. The third-order valence-corrected chi connectivity index (χ3v) is 4.94. The first-order valence-electron chi connectivity index (χ1n) is 7.76. The van der Waals surface area contributed by atoms with E-state index in [1.807, 2.05) is 0 Å². The fourth-order valence-corrected chi connectivity index (χ4v) is 3.67. The van der Waals surface area contributed by atoms with Gasteiger partial charge in [-0.1, -0.05) is 0 Å². The SMILES string of the molecule is [C-]#[N+]c1cc(F)cc(Oc2ccc3c4c2C(F)[C@@H](F)[C@]4(O)C(F)(F)C3(F)F)c1. The zero-order chi connectivity index (χ0) is 20.6. The van der Waals surface area contributed by atoms with E-state index in [1.165, 1.54) is 0 Å². The standard InChI is InChI=1S/C18H8F7NO2/c1-26-8-4-7(19)5-9(6-8)28-11-3-2-10-13-12(11)14(20)15(21)16(13,27)18(24,25)17(10,22)23/h2-6,14-15,27H/t14?,15-,16+/m1/s1. The number of hydrogen-bond acceptors (Lipinski definition) is 2. The van der Waals surface area contributed by atoms with Crippen LogP contribution in [0.15, 0.2) is 30.3 Å². The van der Waals surface area contributed by atoms with Gasteiger partial charge in [-0.15, -0.1) is 0 Å². The largest absolute Gasteiger partial charge is 0.458 e. The fraction of sp³-hybridized carbons (Fsp3) is 0.278. The highest BCUT2D eigenvalue weighted by molar-refractivity contribution is 5.62. The van der Waals surface area contributed by atoms with Crippen LogP contribution in [0, 0.1) is 12.4 Å². The highest BCUT2D eigenvalue weighted by Gasteiger charge is 2.82. The molecule has 2 aliphatic rings. The highest BCUT2D eigenvalue weighted by atomic mass is 19.3. The number of ether oxygens (including phenoxy) is 1. The molecule has 10 heteroatoms. The van der Waals surface area contributed by atoms with Crippen LogP contribution in [0.2, 0.25) is 0 Å². The van der Waals surface area contributed by atoms with Gasteiger partial charge in [0.25, 0.3) is 0 Å². The molecule has 0 saturated carbocycles. The minimum absolute atomic E-state index is 0.206. The monoisotopic (exact) mass is 403 g/mol. The highest BCUT2D eigenvalue weighted by Crippen LogP contribution is 2.69. The Morgan fingerprint density at radius 3 is 2.39 bits per heavy atom. The molecule has 0 saturated heterocycles. The molecule has 0 aliphatic heterocycles. The molecule has 3 nitrogen and oxygen atoms in total. The normalized spacial score (nSPS) is 28.7. The maximum absolute atomic E-state index is 14.5. The second-order valence-corrected chi connectivity index (χ2v) is 6.48. The lowest BCUT2D eigenvalue weighted by atomic mass is 9.93. The third-order valence-electron chi connectivity index (χ3n) is 4.94. The van der Waals surface area contributed by atoms with Gasteiger partial charge in [0.15, 0.2) is 23.6 Å². The van der Waals surface area contributed by atoms with Gasteiger partial charge in [0.2, 0.25) is 0 Å². The molecule has 2 aromatic carbocycles. The quantitative estimate of drug-likeness (QED) is 0.534. The van der Waals surface area contributed by atoms with Crippen LogP contribution in [-0.2, 0) is 11.5 Å². The lowest BCUT2D eigenvalue weighted by molar-refractivity contribution is -0.302. The summed E-state index contributed by atoms with van der Waals surface area (Å²) >= 11 is 0. The number of nitrogens with zero attached hydrogens (tertiary/aromatic N) is 1. The van der Waals surface area contributed by atoms with Crippen molar-refractivity contribution in [3.63, 3.8) is 0 Å². The van der Waals surface area contributed by atoms with Crippen molar-refractivity contribution in [2.24, 2.45) is 0 Å². The van der Waals surface area contributed by atoms with Gasteiger partial charge in [-0.05, 0) is 24.3 Å². The minimum atomic E-state index is -5.30. The number of halogens is 7. The van der Waals surface area contributed by atoms with Gasteiger partial charge in [0, 0.05) is 22.8 Å². The van der Waals surface area contributed by atoms with Crippen molar-refractivity contribution in [3.05, 3.63) is 64.3 Å². The molecule has 0 fully saturated rings. The molecular weight excluding hydrogens is 395 g/mol. The van der Waals surface area contributed by atoms with Crippen LogP contribution in [0.5, 0.6) is 11.5 Å². The van der Waals surface area contributed by atoms with Crippen LogP contribution in [0.3, 0.4) is 0 Å². The van der Waals surface area contributed by atoms with Crippen molar-refractivity contribution in [2.75, 3.05) is 0 Å². The summed E-state index contributed by atoms with van der Waals surface area (Å²) in [7, 11) is 0. The smallest absolute Gasteiger partial charge is 0.349 e. The summed E-state index contributed by atoms with van der Waals surface area (Å²) in [6.07, 6.45) is -6.26. The Morgan fingerprint density at radius 2 is 1.75 bits per heavy atom. The lowest BCUT2D eigenvalue weighted by Gasteiger charge is -2.32. The van der Waals surface area contributed by atoms with E-state index in [4.69, 9.17) is 11.3 Å². The zero-order valence-electron chi connectivity index (χ0n) is 13.5. The molecule has 4 rings (SSSR count).